The average molecular weight is 417 g/mol. The van der Waals surface area contributed by atoms with Crippen molar-refractivity contribution >= 4 is 50.5 Å². The van der Waals surface area contributed by atoms with E-state index >= 15 is 0 Å². The summed E-state index contributed by atoms with van der Waals surface area (Å²) in [5, 5.41) is 2.72. The highest BCUT2D eigenvalue weighted by atomic mass is 35.5. The van der Waals surface area contributed by atoms with Gasteiger partial charge in [0.1, 0.15) is 5.75 Å². The number of sulfonamides is 1. The number of hydrogen-bond donors (Lipinski definition) is 2. The van der Waals surface area contributed by atoms with Crippen LogP contribution in [-0.4, -0.2) is 26.7 Å². The van der Waals surface area contributed by atoms with E-state index in [1.165, 1.54) is 31.4 Å². The van der Waals surface area contributed by atoms with Crippen molar-refractivity contribution in [3.63, 3.8) is 0 Å². The lowest BCUT2D eigenvalue weighted by molar-refractivity contribution is 0.102. The fourth-order valence-electron chi connectivity index (χ4n) is 1.98. The van der Waals surface area contributed by atoms with E-state index in [-0.39, 0.29) is 11.3 Å². The summed E-state index contributed by atoms with van der Waals surface area (Å²) >= 11 is 11.8. The van der Waals surface area contributed by atoms with E-state index in [1.54, 1.807) is 26.0 Å². The Hall–Kier alpha value is -1.96. The molecule has 6 nitrogen and oxygen atoms in total. The molecule has 0 aliphatic heterocycles. The zero-order valence-electron chi connectivity index (χ0n) is 14.3. The van der Waals surface area contributed by atoms with Crippen molar-refractivity contribution < 1.29 is 17.9 Å². The summed E-state index contributed by atoms with van der Waals surface area (Å²) < 4.78 is 31.8. The van der Waals surface area contributed by atoms with Crippen LogP contribution >= 0.6 is 23.2 Å². The number of anilines is 2. The SMILES string of the molecule is COc1ccc(C(=O)Nc2ccc(Cl)c(Cl)c2)cc1NS(=O)(=O)C(C)C. The molecule has 0 radical (unpaired) electrons. The minimum absolute atomic E-state index is 0.183. The first kappa shape index (κ1) is 20.4. The number of methoxy groups -OCH3 is 1. The first-order valence-electron chi connectivity index (χ1n) is 7.60. The van der Waals surface area contributed by atoms with Crippen LogP contribution in [0.2, 0.25) is 10.0 Å². The standard InChI is InChI=1S/C17H18Cl2N2O4S/c1-10(2)26(23,24)21-15-8-11(4-7-16(15)25-3)17(22)20-12-5-6-13(18)14(19)9-12/h4-10,21H,1-3H3,(H,20,22). The molecular weight excluding hydrogens is 399 g/mol. The Morgan fingerprint density at radius 3 is 2.35 bits per heavy atom. The second-order valence-electron chi connectivity index (χ2n) is 5.69. The van der Waals surface area contributed by atoms with Crippen LogP contribution in [-0.2, 0) is 10.0 Å². The van der Waals surface area contributed by atoms with Gasteiger partial charge < -0.3 is 10.1 Å². The van der Waals surface area contributed by atoms with E-state index in [1.807, 2.05) is 0 Å². The highest BCUT2D eigenvalue weighted by Crippen LogP contribution is 2.29. The van der Waals surface area contributed by atoms with Crippen molar-refractivity contribution in [3.8, 4) is 5.75 Å². The van der Waals surface area contributed by atoms with Crippen molar-refractivity contribution in [2.45, 2.75) is 19.1 Å². The minimum atomic E-state index is -3.59. The van der Waals surface area contributed by atoms with Crippen LogP contribution in [0.4, 0.5) is 11.4 Å². The van der Waals surface area contributed by atoms with Crippen LogP contribution in [0.3, 0.4) is 0 Å². The van der Waals surface area contributed by atoms with Gasteiger partial charge in [0.2, 0.25) is 10.0 Å². The van der Waals surface area contributed by atoms with Crippen molar-refractivity contribution in [3.05, 3.63) is 52.0 Å². The molecule has 0 fully saturated rings. The number of carbonyl (C=O) groups is 1. The van der Waals surface area contributed by atoms with Gasteiger partial charge in [0, 0.05) is 11.3 Å². The van der Waals surface area contributed by atoms with Gasteiger partial charge in [-0.3, -0.25) is 9.52 Å². The summed E-state index contributed by atoms with van der Waals surface area (Å²) in [6.45, 7) is 3.10. The van der Waals surface area contributed by atoms with Gasteiger partial charge >= 0.3 is 0 Å². The maximum absolute atomic E-state index is 12.5. The molecule has 2 rings (SSSR count). The van der Waals surface area contributed by atoms with Gasteiger partial charge in [-0.05, 0) is 50.2 Å². The fourth-order valence-corrected chi connectivity index (χ4v) is 2.98. The molecule has 0 saturated carbocycles. The monoisotopic (exact) mass is 416 g/mol. The quantitative estimate of drug-likeness (QED) is 0.730. The highest BCUT2D eigenvalue weighted by molar-refractivity contribution is 7.93. The summed E-state index contributed by atoms with van der Waals surface area (Å²) in [5.74, 6) is -0.128. The molecule has 9 heteroatoms. The third kappa shape index (κ3) is 4.81. The Labute approximate surface area is 162 Å². The van der Waals surface area contributed by atoms with E-state index in [0.29, 0.717) is 21.5 Å². The average Bonchev–Trinajstić information content (AvgIpc) is 2.57. The number of benzene rings is 2. The molecule has 0 saturated heterocycles. The molecule has 0 aliphatic carbocycles. The fraction of sp³-hybridized carbons (Fsp3) is 0.235. The number of halogens is 2. The zero-order chi connectivity index (χ0) is 19.5. The van der Waals surface area contributed by atoms with Crippen LogP contribution in [0, 0.1) is 0 Å². The molecule has 0 aliphatic rings. The van der Waals surface area contributed by atoms with Crippen molar-refractivity contribution in [2.75, 3.05) is 17.1 Å². The summed E-state index contributed by atoms with van der Waals surface area (Å²) in [6, 6.07) is 9.15. The number of rotatable bonds is 6. The maximum atomic E-state index is 12.5. The molecule has 0 atom stereocenters. The number of ether oxygens (including phenoxy) is 1. The second kappa shape index (κ2) is 8.16. The van der Waals surface area contributed by atoms with E-state index in [4.69, 9.17) is 27.9 Å². The first-order chi connectivity index (χ1) is 12.1. The van der Waals surface area contributed by atoms with E-state index in [9.17, 15) is 13.2 Å². The Morgan fingerprint density at radius 2 is 1.77 bits per heavy atom. The maximum Gasteiger partial charge on any atom is 0.255 e. The van der Waals surface area contributed by atoms with Gasteiger partial charge in [-0.1, -0.05) is 23.2 Å². The molecular formula is C17H18Cl2N2O4S. The van der Waals surface area contributed by atoms with Crippen molar-refractivity contribution in [1.29, 1.82) is 0 Å². The van der Waals surface area contributed by atoms with Crippen LogP contribution in [0.5, 0.6) is 5.75 Å². The van der Waals surface area contributed by atoms with Gasteiger partial charge in [0.05, 0.1) is 28.1 Å². The summed E-state index contributed by atoms with van der Waals surface area (Å²) in [7, 11) is -2.17. The van der Waals surface area contributed by atoms with Crippen LogP contribution in [0.15, 0.2) is 36.4 Å². The summed E-state index contributed by atoms with van der Waals surface area (Å²) in [5.41, 5.74) is 0.894. The first-order valence-corrected chi connectivity index (χ1v) is 9.90. The molecule has 2 aromatic rings. The molecule has 0 spiro atoms. The number of hydrogen-bond acceptors (Lipinski definition) is 4. The smallest absolute Gasteiger partial charge is 0.255 e. The number of carbonyl (C=O) groups excluding carboxylic acids is 1. The molecule has 1 amide bonds. The lowest BCUT2D eigenvalue weighted by Gasteiger charge is -2.15. The molecule has 26 heavy (non-hydrogen) atoms. The molecule has 0 bridgehead atoms. The lowest BCUT2D eigenvalue weighted by atomic mass is 10.1. The Morgan fingerprint density at radius 1 is 1.08 bits per heavy atom. The number of amides is 1. The van der Waals surface area contributed by atoms with Gasteiger partial charge in [-0.25, -0.2) is 8.42 Å². The van der Waals surface area contributed by atoms with E-state index in [2.05, 4.69) is 10.0 Å². The van der Waals surface area contributed by atoms with E-state index < -0.39 is 21.2 Å². The predicted octanol–water partition coefficient (Wildman–Crippen LogP) is 4.40. The molecule has 2 N–H and O–H groups in total. The van der Waals surface area contributed by atoms with Crippen LogP contribution < -0.4 is 14.8 Å². The Bertz CT molecular complexity index is 930. The summed E-state index contributed by atoms with van der Waals surface area (Å²) in [6.07, 6.45) is 0. The highest BCUT2D eigenvalue weighted by Gasteiger charge is 2.19. The van der Waals surface area contributed by atoms with Gasteiger partial charge in [0.15, 0.2) is 0 Å². The number of nitrogens with one attached hydrogen (secondary N) is 2. The molecule has 0 unspecified atom stereocenters. The molecule has 0 heterocycles. The Kier molecular flexibility index (Phi) is 6.39. The molecule has 2 aromatic carbocycles. The van der Waals surface area contributed by atoms with Gasteiger partial charge in [-0.15, -0.1) is 0 Å². The lowest BCUT2D eigenvalue weighted by Crippen LogP contribution is -2.23. The van der Waals surface area contributed by atoms with Gasteiger partial charge in [0.25, 0.3) is 5.91 Å². The third-order valence-corrected chi connectivity index (χ3v) is 6.00. The van der Waals surface area contributed by atoms with Crippen molar-refractivity contribution in [2.24, 2.45) is 0 Å². The third-order valence-electron chi connectivity index (χ3n) is 3.51. The summed E-state index contributed by atoms with van der Waals surface area (Å²) in [4.78, 5) is 12.5. The molecule has 140 valence electrons. The van der Waals surface area contributed by atoms with Crippen LogP contribution in [0.1, 0.15) is 24.2 Å². The normalized spacial score (nSPS) is 11.3. The Balaban J connectivity index is 2.30. The van der Waals surface area contributed by atoms with E-state index in [0.717, 1.165) is 0 Å². The van der Waals surface area contributed by atoms with Crippen LogP contribution in [0.25, 0.3) is 0 Å². The van der Waals surface area contributed by atoms with Crippen molar-refractivity contribution in [1.82, 2.24) is 0 Å². The zero-order valence-corrected chi connectivity index (χ0v) is 16.7. The topological polar surface area (TPSA) is 84.5 Å². The largest absolute Gasteiger partial charge is 0.495 e. The second-order valence-corrected chi connectivity index (χ2v) is 8.75. The minimum Gasteiger partial charge on any atom is -0.495 e. The van der Waals surface area contributed by atoms with Gasteiger partial charge in [-0.2, -0.15) is 0 Å². The predicted molar refractivity (Wildman–Crippen MR) is 105 cm³/mol. The molecule has 0 aromatic heterocycles.